The number of nitrogens with zero attached hydrogens (tertiary/aromatic N) is 4. The highest BCUT2D eigenvalue weighted by molar-refractivity contribution is 7.18. The van der Waals surface area contributed by atoms with Crippen molar-refractivity contribution < 1.29 is 9.59 Å². The lowest BCUT2D eigenvalue weighted by Gasteiger charge is -2.32. The second kappa shape index (κ2) is 8.83. The maximum atomic E-state index is 12.6. The topological polar surface area (TPSA) is 87.5 Å². The van der Waals surface area contributed by atoms with Crippen molar-refractivity contribution in [2.45, 2.75) is 33.2 Å². The van der Waals surface area contributed by atoms with Crippen LogP contribution in [0.5, 0.6) is 0 Å². The lowest BCUT2D eigenvalue weighted by molar-refractivity contribution is -0.133. The minimum Gasteiger partial charge on any atom is -0.355 e. The van der Waals surface area contributed by atoms with E-state index in [4.69, 9.17) is 0 Å². The van der Waals surface area contributed by atoms with Crippen LogP contribution in [0.1, 0.15) is 23.3 Å². The van der Waals surface area contributed by atoms with Gasteiger partial charge in [0.1, 0.15) is 11.4 Å². The Morgan fingerprint density at radius 1 is 1.21 bits per heavy atom. The van der Waals surface area contributed by atoms with E-state index in [1.807, 2.05) is 18.7 Å². The van der Waals surface area contributed by atoms with Crippen LogP contribution in [-0.2, 0) is 16.1 Å². The number of nitrogens with one attached hydrogen (secondary N) is 1. The molecule has 0 aliphatic carbocycles. The Balaban J connectivity index is 1.46. The van der Waals surface area contributed by atoms with E-state index < -0.39 is 0 Å². The molecule has 1 saturated heterocycles. The molecule has 0 saturated carbocycles. The van der Waals surface area contributed by atoms with Crippen molar-refractivity contribution in [3.05, 3.63) is 27.1 Å². The van der Waals surface area contributed by atoms with Gasteiger partial charge in [-0.15, -0.1) is 11.3 Å². The van der Waals surface area contributed by atoms with E-state index in [1.54, 1.807) is 0 Å². The molecule has 2 amide bonds. The van der Waals surface area contributed by atoms with Crippen molar-refractivity contribution >= 4 is 33.4 Å². The van der Waals surface area contributed by atoms with E-state index in [9.17, 15) is 14.4 Å². The van der Waals surface area contributed by atoms with E-state index >= 15 is 0 Å². The van der Waals surface area contributed by atoms with Gasteiger partial charge in [-0.05, 0) is 32.9 Å². The fourth-order valence-corrected chi connectivity index (χ4v) is 4.26. The van der Waals surface area contributed by atoms with Gasteiger partial charge < -0.3 is 15.1 Å². The molecule has 3 heterocycles. The molecule has 8 nitrogen and oxygen atoms in total. The Morgan fingerprint density at radius 3 is 2.64 bits per heavy atom. The first-order valence-electron chi connectivity index (χ1n) is 9.55. The summed E-state index contributed by atoms with van der Waals surface area (Å²) in [5.74, 6) is -0.114. The zero-order chi connectivity index (χ0) is 20.3. The van der Waals surface area contributed by atoms with Crippen LogP contribution in [0.25, 0.3) is 10.2 Å². The highest BCUT2D eigenvalue weighted by atomic mass is 32.1. The molecule has 1 N–H and O–H groups in total. The second-order valence-electron chi connectivity index (χ2n) is 7.28. The summed E-state index contributed by atoms with van der Waals surface area (Å²) >= 11 is 1.49. The summed E-state index contributed by atoms with van der Waals surface area (Å²) in [7, 11) is 2.05. The minimum absolute atomic E-state index is 0.0670. The number of fused-ring (bicyclic) bond motifs is 1. The van der Waals surface area contributed by atoms with E-state index in [0.717, 1.165) is 36.6 Å². The fraction of sp³-hybridized carbons (Fsp3) is 0.579. The third-order valence-electron chi connectivity index (χ3n) is 5.22. The van der Waals surface area contributed by atoms with Gasteiger partial charge in [-0.2, -0.15) is 0 Å². The first kappa shape index (κ1) is 20.5. The molecule has 0 atom stereocenters. The molecule has 3 rings (SSSR count). The predicted octanol–water partition coefficient (Wildman–Crippen LogP) is 0.745. The Kier molecular flexibility index (Phi) is 6.46. The maximum absolute atomic E-state index is 12.6. The van der Waals surface area contributed by atoms with Crippen LogP contribution >= 0.6 is 11.3 Å². The number of amides is 2. The van der Waals surface area contributed by atoms with Crippen molar-refractivity contribution in [2.24, 2.45) is 0 Å². The molecule has 152 valence electrons. The largest absolute Gasteiger partial charge is 0.355 e. The fourth-order valence-electron chi connectivity index (χ4n) is 3.27. The van der Waals surface area contributed by atoms with E-state index in [-0.39, 0.29) is 23.9 Å². The average Bonchev–Trinajstić information content (AvgIpc) is 2.96. The zero-order valence-electron chi connectivity index (χ0n) is 16.7. The molecule has 0 spiro atoms. The van der Waals surface area contributed by atoms with Crippen molar-refractivity contribution in [1.82, 2.24) is 24.7 Å². The number of aromatic nitrogens is 2. The maximum Gasteiger partial charge on any atom is 0.262 e. The lowest BCUT2D eigenvalue weighted by atomic mass is 10.2. The Morgan fingerprint density at radius 2 is 1.93 bits per heavy atom. The molecule has 2 aromatic heterocycles. The third-order valence-corrected chi connectivity index (χ3v) is 6.33. The molecule has 28 heavy (non-hydrogen) atoms. The van der Waals surface area contributed by atoms with E-state index in [0.29, 0.717) is 29.6 Å². The SMILES string of the molecule is Cc1sc2ncn(CC(=O)NCCCC(=O)N3CCN(C)CC3)c(=O)c2c1C. The summed E-state index contributed by atoms with van der Waals surface area (Å²) in [6.45, 7) is 7.54. The first-order valence-corrected chi connectivity index (χ1v) is 10.4. The van der Waals surface area contributed by atoms with Crippen molar-refractivity contribution in [3.8, 4) is 0 Å². The predicted molar refractivity (Wildman–Crippen MR) is 110 cm³/mol. The zero-order valence-corrected chi connectivity index (χ0v) is 17.5. The molecule has 9 heteroatoms. The number of likely N-dealkylation sites (N-methyl/N-ethyl adjacent to an activating group) is 1. The van der Waals surface area contributed by atoms with E-state index in [2.05, 4.69) is 22.2 Å². The summed E-state index contributed by atoms with van der Waals surface area (Å²) in [6, 6.07) is 0. The number of aryl methyl sites for hydroxylation is 2. The normalized spacial score (nSPS) is 15.2. The van der Waals surface area contributed by atoms with Crippen LogP contribution in [0.2, 0.25) is 0 Å². The standard InChI is InChI=1S/C19H27N5O3S/c1-13-14(2)28-18-17(13)19(27)24(12-21-18)11-15(25)20-6-4-5-16(26)23-9-7-22(3)8-10-23/h12H,4-11H2,1-3H3,(H,20,25). The molecule has 1 aliphatic rings. The number of hydrogen-bond acceptors (Lipinski definition) is 6. The Bertz CT molecular complexity index is 928. The van der Waals surface area contributed by atoms with Gasteiger partial charge in [0.2, 0.25) is 11.8 Å². The molecule has 2 aromatic rings. The summed E-state index contributed by atoms with van der Waals surface area (Å²) in [4.78, 5) is 47.1. The molecular formula is C19H27N5O3S. The van der Waals surface area contributed by atoms with Gasteiger partial charge in [0.25, 0.3) is 5.56 Å². The van der Waals surface area contributed by atoms with Gasteiger partial charge >= 0.3 is 0 Å². The quantitative estimate of drug-likeness (QED) is 0.717. The minimum atomic E-state index is -0.250. The smallest absolute Gasteiger partial charge is 0.262 e. The molecular weight excluding hydrogens is 378 g/mol. The summed E-state index contributed by atoms with van der Waals surface area (Å²) in [5, 5.41) is 3.38. The Hall–Kier alpha value is -2.26. The lowest BCUT2D eigenvalue weighted by Crippen LogP contribution is -2.47. The average molecular weight is 406 g/mol. The molecule has 1 aliphatic heterocycles. The van der Waals surface area contributed by atoms with Crippen LogP contribution in [0.3, 0.4) is 0 Å². The van der Waals surface area contributed by atoms with Crippen molar-refractivity contribution in [2.75, 3.05) is 39.8 Å². The van der Waals surface area contributed by atoms with Crippen molar-refractivity contribution in [3.63, 3.8) is 0 Å². The summed E-state index contributed by atoms with van der Waals surface area (Å²) < 4.78 is 1.34. The summed E-state index contributed by atoms with van der Waals surface area (Å²) in [6.07, 6.45) is 2.44. The second-order valence-corrected chi connectivity index (χ2v) is 8.48. The summed E-state index contributed by atoms with van der Waals surface area (Å²) in [5.41, 5.74) is 0.738. The number of piperazine rings is 1. The highest BCUT2D eigenvalue weighted by Crippen LogP contribution is 2.25. The third kappa shape index (κ3) is 4.59. The van der Waals surface area contributed by atoms with Gasteiger partial charge in [-0.3, -0.25) is 19.0 Å². The first-order chi connectivity index (χ1) is 13.4. The van der Waals surface area contributed by atoms with Crippen LogP contribution < -0.4 is 10.9 Å². The van der Waals surface area contributed by atoms with Gasteiger partial charge in [0.15, 0.2) is 0 Å². The number of carbonyl (C=O) groups is 2. The molecule has 0 aromatic carbocycles. The number of rotatable bonds is 6. The number of carbonyl (C=O) groups excluding carboxylic acids is 2. The van der Waals surface area contributed by atoms with Crippen LogP contribution in [0.4, 0.5) is 0 Å². The van der Waals surface area contributed by atoms with Gasteiger partial charge in [0.05, 0.1) is 11.7 Å². The number of thiophene rings is 1. The Labute approximate surface area is 168 Å². The van der Waals surface area contributed by atoms with Crippen LogP contribution in [-0.4, -0.2) is 70.9 Å². The van der Waals surface area contributed by atoms with E-state index in [1.165, 1.54) is 22.2 Å². The molecule has 1 fully saturated rings. The van der Waals surface area contributed by atoms with Crippen LogP contribution in [0, 0.1) is 13.8 Å². The van der Waals surface area contributed by atoms with Gasteiger partial charge in [-0.25, -0.2) is 4.98 Å². The van der Waals surface area contributed by atoms with Crippen LogP contribution in [0.15, 0.2) is 11.1 Å². The van der Waals surface area contributed by atoms with Gasteiger partial charge in [0, 0.05) is 44.0 Å². The van der Waals surface area contributed by atoms with Gasteiger partial charge in [-0.1, -0.05) is 0 Å². The highest BCUT2D eigenvalue weighted by Gasteiger charge is 2.18. The monoisotopic (exact) mass is 405 g/mol. The van der Waals surface area contributed by atoms with Crippen molar-refractivity contribution in [1.29, 1.82) is 0 Å². The molecule has 0 bridgehead atoms. The molecule has 0 radical (unpaired) electrons. The number of hydrogen-bond donors (Lipinski definition) is 1. The molecule has 0 unspecified atom stereocenters.